The fraction of sp³-hybridized carbons (Fsp3) is 0.194. The molecule has 236 valence electrons. The second-order valence-corrected chi connectivity index (χ2v) is 12.7. The van der Waals surface area contributed by atoms with E-state index in [1.165, 1.54) is 6.07 Å². The molecule has 0 saturated carbocycles. The largest absolute Gasteiger partial charge is 0.461 e. The summed E-state index contributed by atoms with van der Waals surface area (Å²) in [5, 5.41) is 5.32. The fourth-order valence-corrected chi connectivity index (χ4v) is 6.63. The van der Waals surface area contributed by atoms with Gasteiger partial charge in [-0.3, -0.25) is 4.79 Å². The van der Waals surface area contributed by atoms with Crippen molar-refractivity contribution >= 4 is 33.5 Å². The number of esters is 1. The SMILES string of the molecule is CCCCc1nn(-c2ccccc2Cl)c(C(=O)OCC)c1Cc1ccc(-c2ccccc2S(=O)(=O)NC(=O)c2ccccc2)cc1. The van der Waals surface area contributed by atoms with Crippen molar-refractivity contribution in [3.8, 4) is 16.8 Å². The summed E-state index contributed by atoms with van der Waals surface area (Å²) >= 11 is 6.54. The number of hydrogen-bond acceptors (Lipinski definition) is 6. The van der Waals surface area contributed by atoms with Gasteiger partial charge in [-0.2, -0.15) is 5.10 Å². The molecule has 8 nitrogen and oxygen atoms in total. The van der Waals surface area contributed by atoms with Crippen molar-refractivity contribution in [2.45, 2.75) is 44.4 Å². The first-order valence-corrected chi connectivity index (χ1v) is 16.9. The van der Waals surface area contributed by atoms with Gasteiger partial charge in [0.15, 0.2) is 5.69 Å². The number of nitrogens with one attached hydrogen (secondary N) is 1. The third-order valence-electron chi connectivity index (χ3n) is 7.47. The predicted molar refractivity (Wildman–Crippen MR) is 179 cm³/mol. The number of carbonyl (C=O) groups is 2. The van der Waals surface area contributed by atoms with Gasteiger partial charge < -0.3 is 4.74 Å². The van der Waals surface area contributed by atoms with Gasteiger partial charge in [-0.1, -0.05) is 97.7 Å². The van der Waals surface area contributed by atoms with Crippen molar-refractivity contribution in [2.75, 3.05) is 6.61 Å². The lowest BCUT2D eigenvalue weighted by atomic mass is 9.97. The van der Waals surface area contributed by atoms with Crippen molar-refractivity contribution in [3.63, 3.8) is 0 Å². The van der Waals surface area contributed by atoms with E-state index in [4.69, 9.17) is 21.4 Å². The number of sulfonamides is 1. The number of aromatic nitrogens is 2. The quantitative estimate of drug-likeness (QED) is 0.140. The van der Waals surface area contributed by atoms with Crippen molar-refractivity contribution in [1.82, 2.24) is 14.5 Å². The van der Waals surface area contributed by atoms with Crippen LogP contribution in [0, 0.1) is 0 Å². The zero-order valence-corrected chi connectivity index (χ0v) is 27.1. The van der Waals surface area contributed by atoms with E-state index in [-0.39, 0.29) is 17.1 Å². The van der Waals surface area contributed by atoms with E-state index in [0.29, 0.717) is 40.4 Å². The molecule has 1 N–H and O–H groups in total. The Bertz CT molecular complexity index is 1960. The maximum absolute atomic E-state index is 13.4. The lowest BCUT2D eigenvalue weighted by Crippen LogP contribution is -2.30. The molecule has 0 aliphatic carbocycles. The summed E-state index contributed by atoms with van der Waals surface area (Å²) in [6.45, 7) is 4.07. The van der Waals surface area contributed by atoms with E-state index < -0.39 is 21.9 Å². The average molecular weight is 656 g/mol. The third-order valence-corrected chi connectivity index (χ3v) is 9.18. The Balaban J connectivity index is 1.49. The van der Waals surface area contributed by atoms with Gasteiger partial charge in [-0.25, -0.2) is 22.6 Å². The number of halogens is 1. The van der Waals surface area contributed by atoms with Gasteiger partial charge in [0.2, 0.25) is 0 Å². The molecule has 0 fully saturated rings. The fourth-order valence-electron chi connectivity index (χ4n) is 5.20. The van der Waals surface area contributed by atoms with Crippen LogP contribution in [0.1, 0.15) is 64.4 Å². The Hall–Kier alpha value is -4.73. The molecule has 0 radical (unpaired) electrons. The van der Waals surface area contributed by atoms with Crippen LogP contribution in [0.15, 0.2) is 108 Å². The predicted octanol–water partition coefficient (Wildman–Crippen LogP) is 7.42. The first-order valence-electron chi connectivity index (χ1n) is 15.1. The molecule has 10 heteroatoms. The smallest absolute Gasteiger partial charge is 0.357 e. The highest BCUT2D eigenvalue weighted by Crippen LogP contribution is 2.31. The van der Waals surface area contributed by atoms with Crippen LogP contribution in [-0.2, 0) is 27.6 Å². The first-order chi connectivity index (χ1) is 22.2. The second-order valence-electron chi connectivity index (χ2n) is 10.6. The maximum Gasteiger partial charge on any atom is 0.357 e. The summed E-state index contributed by atoms with van der Waals surface area (Å²) < 4.78 is 35.9. The Morgan fingerprint density at radius 3 is 2.24 bits per heavy atom. The number of benzene rings is 4. The number of hydrogen-bond donors (Lipinski definition) is 1. The number of carbonyl (C=O) groups excluding carboxylic acids is 2. The third kappa shape index (κ3) is 7.22. The molecule has 4 aromatic carbocycles. The van der Waals surface area contributed by atoms with Crippen LogP contribution in [0.5, 0.6) is 0 Å². The van der Waals surface area contributed by atoms with E-state index in [9.17, 15) is 18.0 Å². The van der Waals surface area contributed by atoms with Crippen LogP contribution in [0.4, 0.5) is 0 Å². The first kappa shape index (κ1) is 32.7. The standard InChI is InChI=1S/C36H34ClN3O5S/c1-3-5-17-31-29(34(36(42)45-4-2)40(38-31)32-18-11-10-16-30(32)37)24-25-20-22-26(23-21-25)28-15-9-12-19-33(28)46(43,44)39-35(41)27-13-7-6-8-14-27/h6-16,18-23H,3-5,17,24H2,1-2H3,(H,39,41). The molecule has 0 aliphatic rings. The molecule has 0 atom stereocenters. The summed E-state index contributed by atoms with van der Waals surface area (Å²) in [6, 6.07) is 29.4. The summed E-state index contributed by atoms with van der Waals surface area (Å²) in [6.07, 6.45) is 2.91. The zero-order valence-electron chi connectivity index (χ0n) is 25.6. The number of ether oxygens (including phenoxy) is 1. The highest BCUT2D eigenvalue weighted by molar-refractivity contribution is 7.90. The van der Waals surface area contributed by atoms with Crippen LogP contribution in [-0.4, -0.2) is 36.7 Å². The topological polar surface area (TPSA) is 107 Å². The highest BCUT2D eigenvalue weighted by Gasteiger charge is 2.27. The van der Waals surface area contributed by atoms with E-state index in [1.54, 1.807) is 66.2 Å². The normalized spacial score (nSPS) is 11.3. The minimum absolute atomic E-state index is 0.0144. The minimum Gasteiger partial charge on any atom is -0.461 e. The molecule has 5 rings (SSSR count). The van der Waals surface area contributed by atoms with E-state index in [1.807, 2.05) is 42.5 Å². The van der Waals surface area contributed by atoms with E-state index >= 15 is 0 Å². The summed E-state index contributed by atoms with van der Waals surface area (Å²) in [7, 11) is -4.18. The summed E-state index contributed by atoms with van der Waals surface area (Å²) in [5.74, 6) is -1.19. The molecule has 1 amide bonds. The number of aryl methyl sites for hydroxylation is 1. The van der Waals surface area contributed by atoms with Crippen molar-refractivity contribution in [3.05, 3.63) is 136 Å². The van der Waals surface area contributed by atoms with Crippen LogP contribution < -0.4 is 4.72 Å². The van der Waals surface area contributed by atoms with Crippen LogP contribution in [0.25, 0.3) is 16.8 Å². The van der Waals surface area contributed by atoms with Crippen LogP contribution in [0.3, 0.4) is 0 Å². The Labute approximate surface area is 274 Å². The molecule has 1 aromatic heterocycles. The molecule has 0 aliphatic heterocycles. The summed E-state index contributed by atoms with van der Waals surface area (Å²) in [5.41, 5.74) is 4.70. The van der Waals surface area contributed by atoms with Gasteiger partial charge in [0.1, 0.15) is 0 Å². The zero-order chi connectivity index (χ0) is 32.7. The van der Waals surface area contributed by atoms with Crippen molar-refractivity contribution < 1.29 is 22.7 Å². The van der Waals surface area contributed by atoms with Crippen molar-refractivity contribution in [2.24, 2.45) is 0 Å². The molecule has 46 heavy (non-hydrogen) atoms. The van der Waals surface area contributed by atoms with Gasteiger partial charge in [0.05, 0.1) is 27.9 Å². The van der Waals surface area contributed by atoms with Crippen LogP contribution >= 0.6 is 11.6 Å². The summed E-state index contributed by atoms with van der Waals surface area (Å²) in [4.78, 5) is 26.0. The molecule has 0 spiro atoms. The second kappa shape index (κ2) is 14.6. The molecular formula is C36H34ClN3O5S. The van der Waals surface area contributed by atoms with E-state index in [0.717, 1.165) is 29.7 Å². The Kier molecular flexibility index (Phi) is 10.3. The highest BCUT2D eigenvalue weighted by atomic mass is 35.5. The number of unbranched alkanes of at least 4 members (excludes halogenated alkanes) is 1. The lowest BCUT2D eigenvalue weighted by Gasteiger charge is -2.13. The number of amides is 1. The molecular weight excluding hydrogens is 622 g/mol. The minimum atomic E-state index is -4.18. The van der Waals surface area contributed by atoms with Gasteiger partial charge in [-0.05, 0) is 61.2 Å². The van der Waals surface area contributed by atoms with E-state index in [2.05, 4.69) is 11.6 Å². The molecule has 0 bridgehead atoms. The van der Waals surface area contributed by atoms with Gasteiger partial charge in [0, 0.05) is 23.1 Å². The number of para-hydroxylation sites is 1. The molecule has 0 unspecified atom stereocenters. The number of rotatable bonds is 12. The van der Waals surface area contributed by atoms with Crippen LogP contribution in [0.2, 0.25) is 5.02 Å². The Morgan fingerprint density at radius 2 is 1.54 bits per heavy atom. The molecule has 1 heterocycles. The molecule has 0 saturated heterocycles. The number of nitrogens with zero attached hydrogens (tertiary/aromatic N) is 2. The lowest BCUT2D eigenvalue weighted by molar-refractivity contribution is 0.0514. The monoisotopic (exact) mass is 655 g/mol. The maximum atomic E-state index is 13.4. The van der Waals surface area contributed by atoms with Gasteiger partial charge >= 0.3 is 5.97 Å². The van der Waals surface area contributed by atoms with Gasteiger partial charge in [0.25, 0.3) is 15.9 Å². The Morgan fingerprint density at radius 1 is 0.870 bits per heavy atom. The molecule has 5 aromatic rings. The van der Waals surface area contributed by atoms with Gasteiger partial charge in [-0.15, -0.1) is 0 Å². The average Bonchev–Trinajstić information content (AvgIpc) is 3.42. The van der Waals surface area contributed by atoms with Crippen molar-refractivity contribution in [1.29, 1.82) is 0 Å².